The molecule has 5 nitrogen and oxygen atoms in total. The molecule has 1 unspecified atom stereocenters. The molecule has 1 amide bonds. The lowest BCUT2D eigenvalue weighted by atomic mass is 10.1. The fourth-order valence-electron chi connectivity index (χ4n) is 2.12. The van der Waals surface area contributed by atoms with Crippen LogP contribution in [-0.4, -0.2) is 44.2 Å². The topological polar surface area (TPSA) is 64.8 Å². The number of rotatable bonds is 3. The van der Waals surface area contributed by atoms with Crippen LogP contribution in [0.15, 0.2) is 18.2 Å². The average molecular weight is 250 g/mol. The summed E-state index contributed by atoms with van der Waals surface area (Å²) in [6.45, 7) is 1.31. The molecule has 1 atom stereocenters. The van der Waals surface area contributed by atoms with Crippen molar-refractivity contribution in [1.29, 1.82) is 0 Å². The molecule has 0 spiro atoms. The summed E-state index contributed by atoms with van der Waals surface area (Å²) in [6.07, 6.45) is 0.851. The largest absolute Gasteiger partial charge is 0.497 e. The molecule has 1 heterocycles. The normalized spacial score (nSPS) is 18.8. The molecule has 1 aliphatic rings. The first kappa shape index (κ1) is 12.7. The van der Waals surface area contributed by atoms with Crippen LogP contribution in [0, 0.1) is 0 Å². The smallest absolute Gasteiger partial charge is 0.257 e. The van der Waals surface area contributed by atoms with Crippen molar-refractivity contribution in [2.75, 3.05) is 27.3 Å². The van der Waals surface area contributed by atoms with Gasteiger partial charge >= 0.3 is 0 Å². The molecule has 2 rings (SSSR count). The van der Waals surface area contributed by atoms with Crippen molar-refractivity contribution in [3.8, 4) is 11.5 Å². The molecule has 0 bridgehead atoms. The number of nitrogens with two attached hydrogens (primary N) is 1. The van der Waals surface area contributed by atoms with E-state index in [1.54, 1.807) is 37.3 Å². The summed E-state index contributed by atoms with van der Waals surface area (Å²) in [4.78, 5) is 14.1. The third kappa shape index (κ3) is 2.41. The molecule has 2 N–H and O–H groups in total. The van der Waals surface area contributed by atoms with Gasteiger partial charge in [-0.25, -0.2) is 0 Å². The molecule has 5 heteroatoms. The minimum absolute atomic E-state index is 0.0394. The van der Waals surface area contributed by atoms with Crippen molar-refractivity contribution in [2.24, 2.45) is 5.73 Å². The standard InChI is InChI=1S/C13H18N2O3/c1-17-10-3-4-11(12(7-10)18-2)13(16)15-6-5-9(14)8-15/h3-4,7,9H,5-6,8,14H2,1-2H3. The number of nitrogens with zero attached hydrogens (tertiary/aromatic N) is 1. The second-order valence-corrected chi connectivity index (χ2v) is 4.37. The molecule has 0 aliphatic carbocycles. The van der Waals surface area contributed by atoms with Crippen molar-refractivity contribution in [3.05, 3.63) is 23.8 Å². The quantitative estimate of drug-likeness (QED) is 0.864. The maximum atomic E-state index is 12.3. The molecule has 98 valence electrons. The second kappa shape index (κ2) is 5.27. The van der Waals surface area contributed by atoms with Crippen LogP contribution in [0.25, 0.3) is 0 Å². The first-order valence-electron chi connectivity index (χ1n) is 5.92. The van der Waals surface area contributed by atoms with Crippen molar-refractivity contribution >= 4 is 5.91 Å². The fraction of sp³-hybridized carbons (Fsp3) is 0.462. The lowest BCUT2D eigenvalue weighted by Crippen LogP contribution is -2.32. The molecule has 18 heavy (non-hydrogen) atoms. The molecular formula is C13H18N2O3. The number of carbonyl (C=O) groups excluding carboxylic acids is 1. The Morgan fingerprint density at radius 3 is 2.72 bits per heavy atom. The molecule has 0 radical (unpaired) electrons. The van der Waals surface area contributed by atoms with Gasteiger partial charge in [0, 0.05) is 25.2 Å². The van der Waals surface area contributed by atoms with Crippen LogP contribution in [0.1, 0.15) is 16.8 Å². The maximum Gasteiger partial charge on any atom is 0.257 e. The monoisotopic (exact) mass is 250 g/mol. The second-order valence-electron chi connectivity index (χ2n) is 4.37. The number of hydrogen-bond donors (Lipinski definition) is 1. The van der Waals surface area contributed by atoms with Crippen LogP contribution in [-0.2, 0) is 0 Å². The Bertz CT molecular complexity index is 448. The first-order valence-corrected chi connectivity index (χ1v) is 5.92. The van der Waals surface area contributed by atoms with Crippen molar-refractivity contribution in [1.82, 2.24) is 4.90 Å². The van der Waals surface area contributed by atoms with E-state index in [4.69, 9.17) is 15.2 Å². The molecule has 1 aliphatic heterocycles. The summed E-state index contributed by atoms with van der Waals surface area (Å²) in [5.74, 6) is 1.16. The van der Waals surface area contributed by atoms with Gasteiger partial charge < -0.3 is 20.1 Å². The summed E-state index contributed by atoms with van der Waals surface area (Å²) >= 11 is 0. The zero-order valence-corrected chi connectivity index (χ0v) is 10.7. The van der Waals surface area contributed by atoms with Crippen molar-refractivity contribution in [2.45, 2.75) is 12.5 Å². The lowest BCUT2D eigenvalue weighted by molar-refractivity contribution is 0.0787. The lowest BCUT2D eigenvalue weighted by Gasteiger charge is -2.18. The van der Waals surface area contributed by atoms with E-state index in [9.17, 15) is 4.79 Å². The Balaban J connectivity index is 2.24. The summed E-state index contributed by atoms with van der Waals surface area (Å²) in [6, 6.07) is 5.27. The number of methoxy groups -OCH3 is 2. The Labute approximate surface area is 106 Å². The third-order valence-electron chi connectivity index (χ3n) is 3.15. The minimum atomic E-state index is -0.0394. The van der Waals surface area contributed by atoms with Crippen LogP contribution in [0.4, 0.5) is 0 Å². The highest BCUT2D eigenvalue weighted by atomic mass is 16.5. The van der Waals surface area contributed by atoms with Gasteiger partial charge in [-0.2, -0.15) is 0 Å². The van der Waals surface area contributed by atoms with E-state index in [1.165, 1.54) is 0 Å². The van der Waals surface area contributed by atoms with Gasteiger partial charge in [0.1, 0.15) is 11.5 Å². The Kier molecular flexibility index (Phi) is 3.72. The minimum Gasteiger partial charge on any atom is -0.497 e. The van der Waals surface area contributed by atoms with E-state index in [1.807, 2.05) is 0 Å². The summed E-state index contributed by atoms with van der Waals surface area (Å²) < 4.78 is 10.3. The van der Waals surface area contributed by atoms with E-state index in [-0.39, 0.29) is 11.9 Å². The number of amides is 1. The molecule has 0 saturated carbocycles. The Morgan fingerprint density at radius 1 is 1.39 bits per heavy atom. The van der Waals surface area contributed by atoms with Gasteiger partial charge in [0.25, 0.3) is 5.91 Å². The predicted octanol–water partition coefficient (Wildman–Crippen LogP) is 0.877. The van der Waals surface area contributed by atoms with Crippen LogP contribution in [0.3, 0.4) is 0 Å². The zero-order chi connectivity index (χ0) is 13.1. The molecule has 1 fully saturated rings. The Morgan fingerprint density at radius 2 is 2.17 bits per heavy atom. The first-order chi connectivity index (χ1) is 8.65. The van der Waals surface area contributed by atoms with Gasteiger partial charge in [-0.05, 0) is 18.6 Å². The van der Waals surface area contributed by atoms with Crippen LogP contribution in [0.2, 0.25) is 0 Å². The number of benzene rings is 1. The highest BCUT2D eigenvalue weighted by Gasteiger charge is 2.26. The van der Waals surface area contributed by atoms with Gasteiger partial charge in [-0.15, -0.1) is 0 Å². The molecule has 1 aromatic carbocycles. The van der Waals surface area contributed by atoms with Crippen LogP contribution in [0.5, 0.6) is 11.5 Å². The van der Waals surface area contributed by atoms with Crippen LogP contribution < -0.4 is 15.2 Å². The summed E-state index contributed by atoms with van der Waals surface area (Å²) in [5.41, 5.74) is 6.36. The molecule has 1 saturated heterocycles. The molecule has 1 aromatic rings. The van der Waals surface area contributed by atoms with E-state index < -0.39 is 0 Å². The number of carbonyl (C=O) groups is 1. The van der Waals surface area contributed by atoms with Gasteiger partial charge in [-0.3, -0.25) is 4.79 Å². The Hall–Kier alpha value is -1.75. The molecule has 0 aromatic heterocycles. The third-order valence-corrected chi connectivity index (χ3v) is 3.15. The van der Waals surface area contributed by atoms with Gasteiger partial charge in [0.05, 0.1) is 19.8 Å². The van der Waals surface area contributed by atoms with Crippen molar-refractivity contribution < 1.29 is 14.3 Å². The van der Waals surface area contributed by atoms with Crippen LogP contribution >= 0.6 is 0 Å². The van der Waals surface area contributed by atoms with Gasteiger partial charge in [0.2, 0.25) is 0 Å². The van der Waals surface area contributed by atoms with E-state index in [0.29, 0.717) is 30.2 Å². The van der Waals surface area contributed by atoms with E-state index in [2.05, 4.69) is 0 Å². The number of ether oxygens (including phenoxy) is 2. The van der Waals surface area contributed by atoms with Gasteiger partial charge in [0.15, 0.2) is 0 Å². The number of likely N-dealkylation sites (tertiary alicyclic amines) is 1. The SMILES string of the molecule is COc1ccc(C(=O)N2CCC(N)C2)c(OC)c1. The summed E-state index contributed by atoms with van der Waals surface area (Å²) in [5, 5.41) is 0. The van der Waals surface area contributed by atoms with Crippen molar-refractivity contribution in [3.63, 3.8) is 0 Å². The summed E-state index contributed by atoms with van der Waals surface area (Å²) in [7, 11) is 3.12. The maximum absolute atomic E-state index is 12.3. The molecular weight excluding hydrogens is 232 g/mol. The fourth-order valence-corrected chi connectivity index (χ4v) is 2.12. The highest BCUT2D eigenvalue weighted by molar-refractivity contribution is 5.97. The zero-order valence-electron chi connectivity index (χ0n) is 10.7. The van der Waals surface area contributed by atoms with E-state index >= 15 is 0 Å². The highest BCUT2D eigenvalue weighted by Crippen LogP contribution is 2.26. The number of hydrogen-bond acceptors (Lipinski definition) is 4. The average Bonchev–Trinajstić information content (AvgIpc) is 2.83. The predicted molar refractivity (Wildman–Crippen MR) is 68.0 cm³/mol. The van der Waals surface area contributed by atoms with E-state index in [0.717, 1.165) is 6.42 Å². The van der Waals surface area contributed by atoms with Gasteiger partial charge in [-0.1, -0.05) is 0 Å².